The highest BCUT2D eigenvalue weighted by atomic mass is 32.2. The van der Waals surface area contributed by atoms with Crippen LogP contribution in [0.3, 0.4) is 0 Å². The SMILES string of the molecule is CCc1nn(C)cc1NS(=O)(=O)c1ccc(C(N)=S)s1. The van der Waals surface area contributed by atoms with Gasteiger partial charge in [0.05, 0.1) is 16.3 Å². The minimum atomic E-state index is -3.65. The number of nitrogens with two attached hydrogens (primary N) is 1. The van der Waals surface area contributed by atoms with Crippen molar-refractivity contribution in [3.8, 4) is 0 Å². The second kappa shape index (κ2) is 5.51. The first kappa shape index (κ1) is 14.9. The Morgan fingerprint density at radius 2 is 2.25 bits per heavy atom. The van der Waals surface area contributed by atoms with Crippen molar-refractivity contribution in [2.45, 2.75) is 17.6 Å². The van der Waals surface area contributed by atoms with Gasteiger partial charge in [-0.25, -0.2) is 8.42 Å². The van der Waals surface area contributed by atoms with E-state index in [9.17, 15) is 8.42 Å². The number of nitrogens with one attached hydrogen (secondary N) is 1. The van der Waals surface area contributed by atoms with Gasteiger partial charge in [0.1, 0.15) is 9.20 Å². The summed E-state index contributed by atoms with van der Waals surface area (Å²) in [5.41, 5.74) is 6.67. The van der Waals surface area contributed by atoms with Crippen LogP contribution in [0.25, 0.3) is 0 Å². The maximum atomic E-state index is 12.3. The number of anilines is 1. The highest BCUT2D eigenvalue weighted by Crippen LogP contribution is 2.25. The number of rotatable bonds is 5. The third-order valence-electron chi connectivity index (χ3n) is 2.57. The zero-order chi connectivity index (χ0) is 14.9. The summed E-state index contributed by atoms with van der Waals surface area (Å²) in [7, 11) is -1.90. The van der Waals surface area contributed by atoms with Crippen LogP contribution in [0.5, 0.6) is 0 Å². The van der Waals surface area contributed by atoms with Gasteiger partial charge in [-0.3, -0.25) is 9.40 Å². The van der Waals surface area contributed by atoms with E-state index in [1.165, 1.54) is 6.07 Å². The number of aryl methyl sites for hydroxylation is 2. The van der Waals surface area contributed by atoms with E-state index in [-0.39, 0.29) is 9.20 Å². The Morgan fingerprint density at radius 3 is 2.80 bits per heavy atom. The molecule has 2 aromatic rings. The highest BCUT2D eigenvalue weighted by molar-refractivity contribution is 7.94. The van der Waals surface area contributed by atoms with Crippen molar-refractivity contribution in [2.24, 2.45) is 12.8 Å². The van der Waals surface area contributed by atoms with Crippen molar-refractivity contribution < 1.29 is 8.42 Å². The zero-order valence-corrected chi connectivity index (χ0v) is 13.4. The third kappa shape index (κ3) is 3.00. The van der Waals surface area contributed by atoms with Gasteiger partial charge >= 0.3 is 0 Å². The van der Waals surface area contributed by atoms with Gasteiger partial charge < -0.3 is 5.73 Å². The van der Waals surface area contributed by atoms with E-state index in [1.807, 2.05) is 6.92 Å². The summed E-state index contributed by atoms with van der Waals surface area (Å²) in [6.07, 6.45) is 2.28. The standard InChI is InChI=1S/C11H14N4O2S3/c1-3-7-8(6-15(2)13-7)14-20(16,17)10-5-4-9(19-10)11(12)18/h4-6,14H,3H2,1-2H3,(H2,12,18). The first-order valence-electron chi connectivity index (χ1n) is 5.78. The van der Waals surface area contributed by atoms with Crippen LogP contribution in [0.1, 0.15) is 17.5 Å². The van der Waals surface area contributed by atoms with Crippen LogP contribution in [-0.2, 0) is 23.5 Å². The molecule has 3 N–H and O–H groups in total. The lowest BCUT2D eigenvalue weighted by molar-refractivity contribution is 0.603. The molecular formula is C11H14N4O2S3. The average Bonchev–Trinajstić information content (AvgIpc) is 2.95. The van der Waals surface area contributed by atoms with E-state index < -0.39 is 10.0 Å². The Morgan fingerprint density at radius 1 is 1.55 bits per heavy atom. The molecule has 0 amide bonds. The fourth-order valence-corrected chi connectivity index (χ4v) is 4.10. The summed E-state index contributed by atoms with van der Waals surface area (Å²) < 4.78 is 28.9. The molecule has 0 aliphatic carbocycles. The number of thiophene rings is 1. The molecule has 0 saturated heterocycles. The molecule has 0 bridgehead atoms. The summed E-state index contributed by atoms with van der Waals surface area (Å²) in [5, 5.41) is 4.19. The Hall–Kier alpha value is -1.45. The predicted molar refractivity (Wildman–Crippen MR) is 83.6 cm³/mol. The molecule has 0 aromatic carbocycles. The summed E-state index contributed by atoms with van der Waals surface area (Å²) in [5.74, 6) is 0. The van der Waals surface area contributed by atoms with Gasteiger partial charge in [0.25, 0.3) is 10.0 Å². The van der Waals surface area contributed by atoms with Crippen LogP contribution in [0.15, 0.2) is 22.5 Å². The molecule has 0 fully saturated rings. The fraction of sp³-hybridized carbons (Fsp3) is 0.273. The Balaban J connectivity index is 2.32. The Bertz CT molecular complexity index is 746. The van der Waals surface area contributed by atoms with Crippen molar-refractivity contribution in [1.82, 2.24) is 9.78 Å². The molecule has 0 unspecified atom stereocenters. The minimum Gasteiger partial charge on any atom is -0.389 e. The molecule has 2 rings (SSSR count). The molecule has 6 nitrogen and oxygen atoms in total. The van der Waals surface area contributed by atoms with Gasteiger partial charge in [-0.2, -0.15) is 5.10 Å². The van der Waals surface area contributed by atoms with Crippen LogP contribution in [0, 0.1) is 0 Å². The minimum absolute atomic E-state index is 0.172. The molecule has 0 atom stereocenters. The van der Waals surface area contributed by atoms with Crippen LogP contribution < -0.4 is 10.5 Å². The number of thiocarbonyl (C=S) groups is 1. The van der Waals surface area contributed by atoms with E-state index in [1.54, 1.807) is 24.0 Å². The summed E-state index contributed by atoms with van der Waals surface area (Å²) >= 11 is 5.87. The average molecular weight is 330 g/mol. The van der Waals surface area contributed by atoms with Crippen molar-refractivity contribution >= 4 is 44.3 Å². The van der Waals surface area contributed by atoms with Crippen molar-refractivity contribution in [1.29, 1.82) is 0 Å². The monoisotopic (exact) mass is 330 g/mol. The largest absolute Gasteiger partial charge is 0.389 e. The Labute approximate surface area is 126 Å². The lowest BCUT2D eigenvalue weighted by atomic mass is 10.3. The fourth-order valence-electron chi connectivity index (χ4n) is 1.67. The second-order valence-corrected chi connectivity index (χ2v) is 7.54. The van der Waals surface area contributed by atoms with E-state index in [0.717, 1.165) is 11.3 Å². The van der Waals surface area contributed by atoms with Gasteiger partial charge in [-0.1, -0.05) is 19.1 Å². The number of hydrogen-bond donors (Lipinski definition) is 2. The molecule has 2 aromatic heterocycles. The van der Waals surface area contributed by atoms with E-state index in [4.69, 9.17) is 18.0 Å². The molecule has 0 aliphatic rings. The second-order valence-electron chi connectivity index (χ2n) is 4.11. The topological polar surface area (TPSA) is 90.0 Å². The molecule has 2 heterocycles. The van der Waals surface area contributed by atoms with Crippen molar-refractivity contribution in [3.05, 3.63) is 28.9 Å². The smallest absolute Gasteiger partial charge is 0.271 e. The van der Waals surface area contributed by atoms with Crippen LogP contribution in [-0.4, -0.2) is 23.2 Å². The first-order valence-corrected chi connectivity index (χ1v) is 8.49. The van der Waals surface area contributed by atoms with Gasteiger partial charge in [-0.05, 0) is 18.6 Å². The van der Waals surface area contributed by atoms with Gasteiger partial charge in [0, 0.05) is 13.2 Å². The number of hydrogen-bond acceptors (Lipinski definition) is 5. The molecule has 0 radical (unpaired) electrons. The van der Waals surface area contributed by atoms with Crippen molar-refractivity contribution in [3.63, 3.8) is 0 Å². The quantitative estimate of drug-likeness (QED) is 0.811. The molecule has 0 saturated carbocycles. The summed E-state index contributed by atoms with van der Waals surface area (Å²) in [6, 6.07) is 3.09. The van der Waals surface area contributed by atoms with E-state index in [0.29, 0.717) is 22.7 Å². The molecule has 9 heteroatoms. The normalized spacial score (nSPS) is 11.5. The number of aromatic nitrogens is 2. The summed E-state index contributed by atoms with van der Waals surface area (Å²) in [6.45, 7) is 1.91. The lowest BCUT2D eigenvalue weighted by Gasteiger charge is -2.04. The molecule has 20 heavy (non-hydrogen) atoms. The third-order valence-corrected chi connectivity index (χ3v) is 5.90. The Kier molecular flexibility index (Phi) is 4.11. The van der Waals surface area contributed by atoms with E-state index >= 15 is 0 Å². The zero-order valence-electron chi connectivity index (χ0n) is 11.0. The predicted octanol–water partition coefficient (Wildman–Crippen LogP) is 1.48. The maximum absolute atomic E-state index is 12.3. The van der Waals surface area contributed by atoms with Gasteiger partial charge in [-0.15, -0.1) is 11.3 Å². The van der Waals surface area contributed by atoms with Gasteiger partial charge in [0.15, 0.2) is 0 Å². The maximum Gasteiger partial charge on any atom is 0.271 e. The summed E-state index contributed by atoms with van der Waals surface area (Å²) in [4.78, 5) is 0.759. The van der Waals surface area contributed by atoms with Crippen LogP contribution in [0.2, 0.25) is 0 Å². The van der Waals surface area contributed by atoms with E-state index in [2.05, 4.69) is 9.82 Å². The van der Waals surface area contributed by atoms with Crippen LogP contribution in [0.4, 0.5) is 5.69 Å². The van der Waals surface area contributed by atoms with Gasteiger partial charge in [0.2, 0.25) is 0 Å². The highest BCUT2D eigenvalue weighted by Gasteiger charge is 2.20. The van der Waals surface area contributed by atoms with Crippen molar-refractivity contribution in [2.75, 3.05) is 4.72 Å². The molecule has 108 valence electrons. The lowest BCUT2D eigenvalue weighted by Crippen LogP contribution is -2.12. The first-order chi connectivity index (χ1) is 9.33. The molecule has 0 aliphatic heterocycles. The number of nitrogens with zero attached hydrogens (tertiary/aromatic N) is 2. The number of sulfonamides is 1. The molecular weight excluding hydrogens is 316 g/mol. The molecule has 0 spiro atoms. The van der Waals surface area contributed by atoms with Crippen LogP contribution >= 0.6 is 23.6 Å².